The first-order valence-corrected chi connectivity index (χ1v) is 13.4. The number of hydrogen-bond acceptors (Lipinski definition) is 6. The third kappa shape index (κ3) is 5.52. The average molecular weight is 507 g/mol. The van der Waals surface area contributed by atoms with Gasteiger partial charge in [0.15, 0.2) is 11.5 Å². The normalized spacial score (nSPS) is 18.2. The van der Waals surface area contributed by atoms with Crippen LogP contribution in [0.5, 0.6) is 17.2 Å². The van der Waals surface area contributed by atoms with E-state index in [0.717, 1.165) is 41.5 Å². The Morgan fingerprint density at radius 3 is 2.69 bits per heavy atom. The predicted octanol–water partition coefficient (Wildman–Crippen LogP) is 5.49. The van der Waals surface area contributed by atoms with Gasteiger partial charge in [-0.15, -0.1) is 11.3 Å². The van der Waals surface area contributed by atoms with Gasteiger partial charge < -0.3 is 24.0 Å². The fourth-order valence-corrected chi connectivity index (χ4v) is 5.88. The predicted molar refractivity (Wildman–Crippen MR) is 143 cm³/mol. The average Bonchev–Trinajstić information content (AvgIpc) is 3.21. The van der Waals surface area contributed by atoms with Gasteiger partial charge >= 0.3 is 0 Å². The molecule has 1 saturated heterocycles. The van der Waals surface area contributed by atoms with Crippen molar-refractivity contribution in [1.29, 1.82) is 0 Å². The highest BCUT2D eigenvalue weighted by Crippen LogP contribution is 2.40. The number of carbonyl (C=O) groups is 1. The second-order valence-electron chi connectivity index (χ2n) is 9.76. The van der Waals surface area contributed by atoms with E-state index in [0.29, 0.717) is 37.8 Å². The number of fused-ring (bicyclic) bond motifs is 1. The van der Waals surface area contributed by atoms with Crippen LogP contribution in [0.4, 0.5) is 0 Å². The van der Waals surface area contributed by atoms with Gasteiger partial charge in [-0.05, 0) is 87.5 Å². The summed E-state index contributed by atoms with van der Waals surface area (Å²) >= 11 is 1.76. The molecular weight excluding hydrogens is 472 g/mol. The molecule has 3 aromatic rings. The molecule has 0 aliphatic carbocycles. The minimum Gasteiger partial charge on any atom is -0.497 e. The zero-order chi connectivity index (χ0) is 25.1. The van der Waals surface area contributed by atoms with Gasteiger partial charge in [0.25, 0.3) is 5.91 Å². The molecule has 36 heavy (non-hydrogen) atoms. The Hall–Kier alpha value is -3.03. The maximum absolute atomic E-state index is 13.4. The molecule has 2 aliphatic heterocycles. The van der Waals surface area contributed by atoms with E-state index < -0.39 is 0 Å². The van der Waals surface area contributed by atoms with Crippen molar-refractivity contribution in [3.8, 4) is 27.7 Å². The number of ether oxygens (including phenoxy) is 3. The molecule has 5 rings (SSSR count). The molecule has 0 radical (unpaired) electrons. The molecule has 1 fully saturated rings. The fourth-order valence-electron chi connectivity index (χ4n) is 5.03. The highest BCUT2D eigenvalue weighted by atomic mass is 32.1. The Morgan fingerprint density at radius 2 is 1.97 bits per heavy atom. The molecule has 7 heteroatoms. The summed E-state index contributed by atoms with van der Waals surface area (Å²) in [6.07, 6.45) is 2.39. The minimum absolute atomic E-state index is 0.0146. The smallest absolute Gasteiger partial charge is 0.254 e. The summed E-state index contributed by atoms with van der Waals surface area (Å²) in [5, 5.41) is 0. The van der Waals surface area contributed by atoms with Crippen molar-refractivity contribution in [2.24, 2.45) is 5.92 Å². The van der Waals surface area contributed by atoms with Crippen molar-refractivity contribution in [1.82, 2.24) is 9.80 Å². The van der Waals surface area contributed by atoms with Crippen LogP contribution in [-0.4, -0.2) is 62.7 Å². The van der Waals surface area contributed by atoms with Gasteiger partial charge in [0.2, 0.25) is 0 Å². The van der Waals surface area contributed by atoms with Crippen LogP contribution in [0, 0.1) is 12.8 Å². The first-order chi connectivity index (χ1) is 17.5. The third-order valence-electron chi connectivity index (χ3n) is 6.95. The van der Waals surface area contributed by atoms with Crippen molar-refractivity contribution in [3.63, 3.8) is 0 Å². The van der Waals surface area contributed by atoms with Gasteiger partial charge in [-0.3, -0.25) is 4.79 Å². The lowest BCUT2D eigenvalue weighted by molar-refractivity contribution is 0.0733. The fraction of sp³-hybridized carbons (Fsp3) is 0.414. The van der Waals surface area contributed by atoms with Crippen LogP contribution in [0.15, 0.2) is 48.5 Å². The number of rotatable bonds is 6. The van der Waals surface area contributed by atoms with Crippen molar-refractivity contribution in [2.45, 2.75) is 26.3 Å². The van der Waals surface area contributed by atoms with Gasteiger partial charge in [0.05, 0.1) is 20.3 Å². The van der Waals surface area contributed by atoms with Gasteiger partial charge in [0.1, 0.15) is 12.4 Å². The molecule has 3 heterocycles. The van der Waals surface area contributed by atoms with E-state index in [1.54, 1.807) is 18.4 Å². The number of amides is 1. The number of piperidine rings is 1. The summed E-state index contributed by atoms with van der Waals surface area (Å²) in [5.41, 5.74) is 2.72. The van der Waals surface area contributed by atoms with Gasteiger partial charge in [0, 0.05) is 39.9 Å². The zero-order valence-corrected chi connectivity index (χ0v) is 22.1. The van der Waals surface area contributed by atoms with E-state index >= 15 is 0 Å². The number of methoxy groups -OCH3 is 1. The molecule has 0 saturated carbocycles. The van der Waals surface area contributed by atoms with Crippen LogP contribution in [0.25, 0.3) is 10.4 Å². The molecule has 2 aliphatic rings. The molecule has 2 aromatic carbocycles. The lowest BCUT2D eigenvalue weighted by Crippen LogP contribution is -2.34. The van der Waals surface area contributed by atoms with Crippen molar-refractivity contribution in [2.75, 3.05) is 47.0 Å². The maximum atomic E-state index is 13.4. The van der Waals surface area contributed by atoms with E-state index in [2.05, 4.69) is 43.1 Å². The van der Waals surface area contributed by atoms with Crippen LogP contribution in [0.2, 0.25) is 0 Å². The van der Waals surface area contributed by atoms with E-state index in [1.807, 2.05) is 29.2 Å². The van der Waals surface area contributed by atoms with Crippen molar-refractivity contribution < 1.29 is 19.0 Å². The summed E-state index contributed by atoms with van der Waals surface area (Å²) < 4.78 is 17.9. The number of aryl methyl sites for hydroxylation is 1. The van der Waals surface area contributed by atoms with Gasteiger partial charge in [-0.1, -0.05) is 0 Å². The quantitative estimate of drug-likeness (QED) is 0.443. The van der Waals surface area contributed by atoms with Crippen LogP contribution in [0.1, 0.15) is 33.6 Å². The molecule has 0 bridgehead atoms. The molecule has 1 atom stereocenters. The summed E-state index contributed by atoms with van der Waals surface area (Å²) in [6, 6.07) is 15.8. The number of carbonyl (C=O) groups excluding carboxylic acids is 1. The molecule has 6 nitrogen and oxygen atoms in total. The Morgan fingerprint density at radius 1 is 1.14 bits per heavy atom. The largest absolute Gasteiger partial charge is 0.497 e. The van der Waals surface area contributed by atoms with E-state index in [4.69, 9.17) is 14.2 Å². The summed E-state index contributed by atoms with van der Waals surface area (Å²) in [7, 11) is 3.80. The standard InChI is InChI=1S/C29H34N2O4S/c1-20-6-11-27(36-20)23-15-24-18-31(29(32)22-7-9-25(33-3)10-8-22)13-14-34-28(24)26(16-23)35-19-21-5-4-12-30(2)17-21/h6-11,15-16,21H,4-5,12-14,17-19H2,1-3H3/t21-/m0/s1. The topological polar surface area (TPSA) is 51.2 Å². The maximum Gasteiger partial charge on any atom is 0.254 e. The number of likely N-dealkylation sites (tertiary alicyclic amines) is 1. The SMILES string of the molecule is COc1ccc(C(=O)N2CCOc3c(cc(-c4ccc(C)s4)cc3OC[C@H]3CCCN(C)C3)C2)cc1. The summed E-state index contributed by atoms with van der Waals surface area (Å²) in [6.45, 7) is 6.40. The summed E-state index contributed by atoms with van der Waals surface area (Å²) in [4.78, 5) is 20.1. The Balaban J connectivity index is 1.43. The molecule has 1 aromatic heterocycles. The molecule has 0 spiro atoms. The Kier molecular flexibility index (Phi) is 7.48. The number of thiophene rings is 1. The molecule has 0 unspecified atom stereocenters. The molecule has 0 N–H and O–H groups in total. The summed E-state index contributed by atoms with van der Waals surface area (Å²) in [5.74, 6) is 2.77. The number of benzene rings is 2. The van der Waals surface area contributed by atoms with Crippen LogP contribution in [0.3, 0.4) is 0 Å². The highest BCUT2D eigenvalue weighted by molar-refractivity contribution is 7.15. The van der Waals surface area contributed by atoms with Crippen molar-refractivity contribution in [3.05, 3.63) is 64.5 Å². The lowest BCUT2D eigenvalue weighted by atomic mass is 9.99. The minimum atomic E-state index is -0.0146. The first kappa shape index (κ1) is 24.7. The molecule has 1 amide bonds. The second-order valence-corrected chi connectivity index (χ2v) is 11.0. The van der Waals surface area contributed by atoms with Gasteiger partial charge in [-0.25, -0.2) is 0 Å². The first-order valence-electron chi connectivity index (χ1n) is 12.6. The van der Waals surface area contributed by atoms with Crippen LogP contribution >= 0.6 is 11.3 Å². The van der Waals surface area contributed by atoms with Gasteiger partial charge in [-0.2, -0.15) is 0 Å². The molecular formula is C29H34N2O4S. The Bertz CT molecular complexity index is 1210. The number of nitrogens with zero attached hydrogens (tertiary/aromatic N) is 2. The van der Waals surface area contributed by atoms with Crippen LogP contribution < -0.4 is 14.2 Å². The van der Waals surface area contributed by atoms with Crippen molar-refractivity contribution >= 4 is 17.2 Å². The Labute approximate surface area is 217 Å². The second kappa shape index (κ2) is 10.9. The van der Waals surface area contributed by atoms with E-state index in [1.165, 1.54) is 22.6 Å². The molecule has 190 valence electrons. The zero-order valence-electron chi connectivity index (χ0n) is 21.3. The van der Waals surface area contributed by atoms with E-state index in [9.17, 15) is 4.79 Å². The third-order valence-corrected chi connectivity index (χ3v) is 8.00. The van der Waals surface area contributed by atoms with Crippen LogP contribution in [-0.2, 0) is 6.54 Å². The number of hydrogen-bond donors (Lipinski definition) is 0. The highest BCUT2D eigenvalue weighted by Gasteiger charge is 2.26. The lowest BCUT2D eigenvalue weighted by Gasteiger charge is -2.29. The van der Waals surface area contributed by atoms with E-state index in [-0.39, 0.29) is 5.91 Å². The monoisotopic (exact) mass is 506 g/mol.